The van der Waals surface area contributed by atoms with E-state index in [4.69, 9.17) is 10.8 Å². The highest BCUT2D eigenvalue weighted by Crippen LogP contribution is 2.13. The third kappa shape index (κ3) is 2.84. The number of anilines is 1. The summed E-state index contributed by atoms with van der Waals surface area (Å²) in [7, 11) is 0. The van der Waals surface area contributed by atoms with E-state index in [2.05, 4.69) is 6.58 Å². The van der Waals surface area contributed by atoms with Crippen molar-refractivity contribution in [1.82, 2.24) is 4.90 Å². The fourth-order valence-electron chi connectivity index (χ4n) is 1.41. The van der Waals surface area contributed by atoms with Crippen molar-refractivity contribution >= 4 is 11.6 Å². The number of benzene rings is 1. The fourth-order valence-corrected chi connectivity index (χ4v) is 1.41. The molecule has 1 aromatic carbocycles. The third-order valence-corrected chi connectivity index (χ3v) is 2.20. The molecule has 4 heteroatoms. The number of rotatable bonds is 5. The topological polar surface area (TPSA) is 66.6 Å². The van der Waals surface area contributed by atoms with Crippen LogP contribution in [0.4, 0.5) is 5.69 Å². The maximum Gasteiger partial charge on any atom is 0.256 e. The van der Waals surface area contributed by atoms with E-state index in [0.29, 0.717) is 17.8 Å². The fraction of sp³-hybridized carbons (Fsp3) is 0.250. The summed E-state index contributed by atoms with van der Waals surface area (Å²) in [5.41, 5.74) is 6.62. The van der Waals surface area contributed by atoms with E-state index in [-0.39, 0.29) is 19.1 Å². The Morgan fingerprint density at radius 2 is 2.19 bits per heavy atom. The Bertz CT molecular complexity index is 377. The highest BCUT2D eigenvalue weighted by Gasteiger charge is 2.15. The molecule has 0 bridgehead atoms. The van der Waals surface area contributed by atoms with Crippen LogP contribution < -0.4 is 5.73 Å². The van der Waals surface area contributed by atoms with E-state index in [1.165, 1.54) is 4.90 Å². The lowest BCUT2D eigenvalue weighted by Crippen LogP contribution is -2.34. The zero-order valence-corrected chi connectivity index (χ0v) is 9.10. The van der Waals surface area contributed by atoms with Gasteiger partial charge in [0.25, 0.3) is 5.91 Å². The van der Waals surface area contributed by atoms with E-state index in [1.54, 1.807) is 30.3 Å². The van der Waals surface area contributed by atoms with E-state index < -0.39 is 0 Å². The summed E-state index contributed by atoms with van der Waals surface area (Å²) < 4.78 is 0. The largest absolute Gasteiger partial charge is 0.398 e. The summed E-state index contributed by atoms with van der Waals surface area (Å²) in [6.07, 6.45) is 1.62. The molecule has 0 spiro atoms. The first kappa shape index (κ1) is 12.3. The van der Waals surface area contributed by atoms with Gasteiger partial charge in [-0.1, -0.05) is 18.2 Å². The summed E-state index contributed by atoms with van der Waals surface area (Å²) >= 11 is 0. The molecule has 0 heterocycles. The number of hydrogen-bond donors (Lipinski definition) is 2. The number of para-hydroxylation sites is 1. The monoisotopic (exact) mass is 220 g/mol. The van der Waals surface area contributed by atoms with Gasteiger partial charge in [-0.25, -0.2) is 0 Å². The molecule has 3 N–H and O–H groups in total. The number of nitrogens with two attached hydrogens (primary N) is 1. The van der Waals surface area contributed by atoms with Crippen molar-refractivity contribution in [2.45, 2.75) is 0 Å². The Hall–Kier alpha value is -1.81. The van der Waals surface area contributed by atoms with Crippen LogP contribution in [0.15, 0.2) is 36.9 Å². The van der Waals surface area contributed by atoms with Gasteiger partial charge in [-0.3, -0.25) is 4.79 Å². The van der Waals surface area contributed by atoms with E-state index in [0.717, 1.165) is 0 Å². The number of hydrogen-bond acceptors (Lipinski definition) is 3. The molecule has 86 valence electrons. The second kappa shape index (κ2) is 5.92. The second-order valence-electron chi connectivity index (χ2n) is 3.35. The number of carbonyl (C=O) groups excluding carboxylic acids is 1. The van der Waals surface area contributed by atoms with Crippen LogP contribution in [-0.4, -0.2) is 35.6 Å². The molecule has 1 rings (SSSR count). The van der Waals surface area contributed by atoms with Crippen LogP contribution in [0.5, 0.6) is 0 Å². The van der Waals surface area contributed by atoms with Crippen molar-refractivity contribution in [2.75, 3.05) is 25.4 Å². The van der Waals surface area contributed by atoms with Crippen LogP contribution in [0.1, 0.15) is 10.4 Å². The van der Waals surface area contributed by atoms with Crippen LogP contribution in [0.2, 0.25) is 0 Å². The maximum atomic E-state index is 12.0. The van der Waals surface area contributed by atoms with Crippen LogP contribution in [0.25, 0.3) is 0 Å². The molecule has 0 aliphatic rings. The molecule has 1 amide bonds. The standard InChI is InChI=1S/C12H16N2O2/c1-2-7-14(8-9-15)12(16)10-5-3-4-6-11(10)13/h2-6,15H,1,7-9,13H2. The minimum absolute atomic E-state index is 0.0771. The first-order valence-electron chi connectivity index (χ1n) is 5.06. The normalized spacial score (nSPS) is 9.81. The molecule has 0 atom stereocenters. The number of aliphatic hydroxyl groups is 1. The minimum atomic E-state index is -0.188. The molecule has 0 fully saturated rings. The Labute approximate surface area is 95.0 Å². The zero-order chi connectivity index (χ0) is 12.0. The molecule has 0 aromatic heterocycles. The second-order valence-corrected chi connectivity index (χ2v) is 3.35. The first-order chi connectivity index (χ1) is 7.70. The van der Waals surface area contributed by atoms with Crippen LogP contribution >= 0.6 is 0 Å². The van der Waals surface area contributed by atoms with Gasteiger partial charge in [-0.2, -0.15) is 0 Å². The molecular weight excluding hydrogens is 204 g/mol. The number of carbonyl (C=O) groups is 1. The number of nitrogens with zero attached hydrogens (tertiary/aromatic N) is 1. The van der Waals surface area contributed by atoms with Gasteiger partial charge in [-0.15, -0.1) is 6.58 Å². The van der Waals surface area contributed by atoms with Crippen molar-refractivity contribution in [3.63, 3.8) is 0 Å². The number of aliphatic hydroxyl groups excluding tert-OH is 1. The summed E-state index contributed by atoms with van der Waals surface area (Å²) in [6, 6.07) is 6.88. The molecule has 0 aliphatic carbocycles. The highest BCUT2D eigenvalue weighted by atomic mass is 16.3. The predicted octanol–water partition coefficient (Wildman–Crippen LogP) is 0.889. The number of amides is 1. The van der Waals surface area contributed by atoms with E-state index in [9.17, 15) is 4.79 Å². The Kier molecular flexibility index (Phi) is 4.54. The van der Waals surface area contributed by atoms with Gasteiger partial charge in [0.05, 0.1) is 12.2 Å². The Balaban J connectivity index is 2.89. The van der Waals surface area contributed by atoms with Gasteiger partial charge >= 0.3 is 0 Å². The quantitative estimate of drug-likeness (QED) is 0.572. The van der Waals surface area contributed by atoms with Crippen LogP contribution in [0.3, 0.4) is 0 Å². The van der Waals surface area contributed by atoms with Gasteiger partial charge in [0.2, 0.25) is 0 Å². The molecular formula is C12H16N2O2. The Morgan fingerprint density at radius 1 is 1.50 bits per heavy atom. The predicted molar refractivity (Wildman–Crippen MR) is 64.0 cm³/mol. The first-order valence-corrected chi connectivity index (χ1v) is 5.06. The Morgan fingerprint density at radius 3 is 2.75 bits per heavy atom. The SMILES string of the molecule is C=CCN(CCO)C(=O)c1ccccc1N. The van der Waals surface area contributed by atoms with Gasteiger partial charge in [0.15, 0.2) is 0 Å². The molecule has 0 saturated heterocycles. The molecule has 0 saturated carbocycles. The summed E-state index contributed by atoms with van der Waals surface area (Å²) in [5.74, 6) is -0.188. The highest BCUT2D eigenvalue weighted by molar-refractivity contribution is 5.99. The molecule has 4 nitrogen and oxygen atoms in total. The zero-order valence-electron chi connectivity index (χ0n) is 9.10. The van der Waals surface area contributed by atoms with Crippen molar-refractivity contribution < 1.29 is 9.90 Å². The smallest absolute Gasteiger partial charge is 0.256 e. The molecule has 1 aromatic rings. The van der Waals surface area contributed by atoms with Crippen molar-refractivity contribution in [1.29, 1.82) is 0 Å². The lowest BCUT2D eigenvalue weighted by molar-refractivity contribution is 0.0744. The molecule has 0 radical (unpaired) electrons. The molecule has 0 aliphatic heterocycles. The van der Waals surface area contributed by atoms with Crippen molar-refractivity contribution in [3.8, 4) is 0 Å². The third-order valence-electron chi connectivity index (χ3n) is 2.20. The van der Waals surface area contributed by atoms with Crippen molar-refractivity contribution in [3.05, 3.63) is 42.5 Å². The van der Waals surface area contributed by atoms with Crippen LogP contribution in [0, 0.1) is 0 Å². The van der Waals surface area contributed by atoms with Gasteiger partial charge < -0.3 is 15.7 Å². The van der Waals surface area contributed by atoms with Gasteiger partial charge in [0.1, 0.15) is 0 Å². The van der Waals surface area contributed by atoms with E-state index >= 15 is 0 Å². The van der Waals surface area contributed by atoms with E-state index in [1.807, 2.05) is 0 Å². The summed E-state index contributed by atoms with van der Waals surface area (Å²) in [5, 5.41) is 8.87. The lowest BCUT2D eigenvalue weighted by Gasteiger charge is -2.20. The molecule has 0 unspecified atom stereocenters. The lowest BCUT2D eigenvalue weighted by atomic mass is 10.1. The molecule has 16 heavy (non-hydrogen) atoms. The maximum absolute atomic E-state index is 12.0. The summed E-state index contributed by atoms with van der Waals surface area (Å²) in [4.78, 5) is 13.5. The van der Waals surface area contributed by atoms with Gasteiger partial charge in [-0.05, 0) is 12.1 Å². The van der Waals surface area contributed by atoms with Crippen LogP contribution in [-0.2, 0) is 0 Å². The minimum Gasteiger partial charge on any atom is -0.398 e. The summed E-state index contributed by atoms with van der Waals surface area (Å²) in [6.45, 7) is 4.17. The van der Waals surface area contributed by atoms with Crippen molar-refractivity contribution in [2.24, 2.45) is 0 Å². The number of nitrogen functional groups attached to an aromatic ring is 1. The average Bonchev–Trinajstić information content (AvgIpc) is 2.28. The van der Waals surface area contributed by atoms with Gasteiger partial charge in [0, 0.05) is 18.8 Å². The average molecular weight is 220 g/mol.